The first kappa shape index (κ1) is 19.2. The topological polar surface area (TPSA) is 88.4 Å². The molecule has 0 N–H and O–H groups in total. The first-order valence-corrected chi connectivity index (χ1v) is 10.6. The number of aryl methyl sites for hydroxylation is 2. The number of phosphoric acid groups is 1. The SMILES string of the molecule is COP(=O)(OC)OC(C)(C)c1ncc(-c2ccc3nc4n(c3c2)CCC4)cn1. The molecule has 0 spiro atoms. The second kappa shape index (κ2) is 7.04. The highest BCUT2D eigenvalue weighted by molar-refractivity contribution is 7.48. The largest absolute Gasteiger partial charge is 0.475 e. The fourth-order valence-corrected chi connectivity index (χ4v) is 4.38. The van der Waals surface area contributed by atoms with E-state index in [4.69, 9.17) is 13.6 Å². The van der Waals surface area contributed by atoms with Gasteiger partial charge in [-0.05, 0) is 38.0 Å². The summed E-state index contributed by atoms with van der Waals surface area (Å²) in [4.78, 5) is 13.5. The molecule has 2 aromatic heterocycles. The van der Waals surface area contributed by atoms with E-state index in [2.05, 4.69) is 25.6 Å². The first-order chi connectivity index (χ1) is 13.3. The molecule has 28 heavy (non-hydrogen) atoms. The van der Waals surface area contributed by atoms with Crippen LogP contribution in [0.1, 0.15) is 31.9 Å². The maximum Gasteiger partial charge on any atom is 0.475 e. The molecule has 0 saturated carbocycles. The minimum Gasteiger partial charge on any atom is -0.328 e. The van der Waals surface area contributed by atoms with Gasteiger partial charge in [0.15, 0.2) is 5.82 Å². The Bertz CT molecular complexity index is 1050. The molecule has 0 radical (unpaired) electrons. The van der Waals surface area contributed by atoms with Crippen LogP contribution in [0.5, 0.6) is 0 Å². The standard InChI is InChI=1S/C19H23N4O4P/c1-19(2,27-28(24,25-3)26-4)18-20-11-14(12-21-18)13-7-8-15-16(10-13)23-9-5-6-17(23)22-15/h7-8,10-12H,5-6,9H2,1-4H3. The van der Waals surface area contributed by atoms with E-state index in [1.807, 2.05) is 12.1 Å². The second-order valence-corrected chi connectivity index (χ2v) is 9.00. The van der Waals surface area contributed by atoms with Crippen LogP contribution in [0.2, 0.25) is 0 Å². The average molecular weight is 402 g/mol. The van der Waals surface area contributed by atoms with Gasteiger partial charge in [-0.3, -0.25) is 13.6 Å². The van der Waals surface area contributed by atoms with Crippen LogP contribution in [0.15, 0.2) is 30.6 Å². The van der Waals surface area contributed by atoms with Crippen molar-refractivity contribution in [2.45, 2.75) is 38.8 Å². The van der Waals surface area contributed by atoms with Gasteiger partial charge in [-0.2, -0.15) is 0 Å². The summed E-state index contributed by atoms with van der Waals surface area (Å²) in [6.07, 6.45) is 5.65. The van der Waals surface area contributed by atoms with Crippen molar-refractivity contribution in [2.75, 3.05) is 14.2 Å². The van der Waals surface area contributed by atoms with E-state index in [9.17, 15) is 4.57 Å². The predicted octanol–water partition coefficient (Wildman–Crippen LogP) is 4.09. The van der Waals surface area contributed by atoms with Crippen molar-refractivity contribution in [3.63, 3.8) is 0 Å². The quantitative estimate of drug-likeness (QED) is 0.574. The molecule has 3 heterocycles. The molecular weight excluding hydrogens is 379 g/mol. The smallest absolute Gasteiger partial charge is 0.328 e. The van der Waals surface area contributed by atoms with Gasteiger partial charge < -0.3 is 4.57 Å². The number of phosphoric ester groups is 1. The van der Waals surface area contributed by atoms with Crippen molar-refractivity contribution in [3.8, 4) is 11.1 Å². The van der Waals surface area contributed by atoms with Crippen LogP contribution in [-0.2, 0) is 36.7 Å². The van der Waals surface area contributed by atoms with Gasteiger partial charge in [0.05, 0.1) is 11.0 Å². The molecule has 0 saturated heterocycles. The van der Waals surface area contributed by atoms with Crippen molar-refractivity contribution in [1.82, 2.24) is 19.5 Å². The van der Waals surface area contributed by atoms with Gasteiger partial charge >= 0.3 is 7.82 Å². The zero-order valence-corrected chi connectivity index (χ0v) is 17.3. The third-order valence-corrected chi connectivity index (χ3v) is 6.49. The molecule has 0 aliphatic carbocycles. The molecule has 8 nitrogen and oxygen atoms in total. The van der Waals surface area contributed by atoms with Crippen molar-refractivity contribution in [3.05, 3.63) is 42.2 Å². The number of fused-ring (bicyclic) bond motifs is 3. The molecular formula is C19H23N4O4P. The normalized spacial score (nSPS) is 14.6. The molecule has 0 atom stereocenters. The van der Waals surface area contributed by atoms with E-state index in [0.29, 0.717) is 5.82 Å². The number of imidazole rings is 1. The lowest BCUT2D eigenvalue weighted by Crippen LogP contribution is -2.24. The summed E-state index contributed by atoms with van der Waals surface area (Å²) in [6.45, 7) is 4.44. The monoisotopic (exact) mass is 402 g/mol. The third-order valence-electron chi connectivity index (χ3n) is 4.92. The summed E-state index contributed by atoms with van der Waals surface area (Å²) in [7, 11) is -1.11. The second-order valence-electron chi connectivity index (χ2n) is 7.20. The van der Waals surface area contributed by atoms with Gasteiger partial charge in [0.2, 0.25) is 0 Å². The Hall–Kier alpha value is -2.12. The summed E-state index contributed by atoms with van der Waals surface area (Å²) >= 11 is 0. The van der Waals surface area contributed by atoms with Gasteiger partial charge in [-0.25, -0.2) is 19.5 Å². The number of hydrogen-bond donors (Lipinski definition) is 0. The molecule has 1 aromatic carbocycles. The van der Waals surface area contributed by atoms with Crippen molar-refractivity contribution >= 4 is 18.9 Å². The maximum absolute atomic E-state index is 12.3. The number of hydrogen-bond acceptors (Lipinski definition) is 7. The lowest BCUT2D eigenvalue weighted by molar-refractivity contribution is 0.0396. The summed E-state index contributed by atoms with van der Waals surface area (Å²) in [6, 6.07) is 6.18. The van der Waals surface area contributed by atoms with Gasteiger partial charge in [-0.15, -0.1) is 0 Å². The van der Waals surface area contributed by atoms with Gasteiger partial charge in [0.25, 0.3) is 0 Å². The number of rotatable bonds is 6. The highest BCUT2D eigenvalue weighted by Gasteiger charge is 2.36. The molecule has 148 valence electrons. The van der Waals surface area contributed by atoms with Crippen LogP contribution in [0.3, 0.4) is 0 Å². The van der Waals surface area contributed by atoms with Crippen LogP contribution in [0, 0.1) is 0 Å². The Kier molecular flexibility index (Phi) is 4.83. The molecule has 4 rings (SSSR count). The lowest BCUT2D eigenvalue weighted by Gasteiger charge is -2.26. The molecule has 1 aliphatic heterocycles. The average Bonchev–Trinajstić information content (AvgIpc) is 3.28. The Balaban J connectivity index is 1.63. The summed E-state index contributed by atoms with van der Waals surface area (Å²) in [5, 5.41) is 0. The number of aromatic nitrogens is 4. The minimum absolute atomic E-state index is 0.386. The fraction of sp³-hybridized carbons (Fsp3) is 0.421. The van der Waals surface area contributed by atoms with E-state index in [-0.39, 0.29) is 0 Å². The minimum atomic E-state index is -3.66. The van der Waals surface area contributed by atoms with Crippen LogP contribution < -0.4 is 0 Å². The zero-order valence-electron chi connectivity index (χ0n) is 16.4. The van der Waals surface area contributed by atoms with Crippen LogP contribution in [-0.4, -0.2) is 33.7 Å². The van der Waals surface area contributed by atoms with E-state index in [1.54, 1.807) is 26.2 Å². The maximum atomic E-state index is 12.3. The molecule has 0 fully saturated rings. The molecule has 0 unspecified atom stereocenters. The Morgan fingerprint density at radius 2 is 1.82 bits per heavy atom. The van der Waals surface area contributed by atoms with Gasteiger partial charge in [-0.1, -0.05) is 6.07 Å². The Labute approximate surface area is 163 Å². The van der Waals surface area contributed by atoms with E-state index >= 15 is 0 Å². The van der Waals surface area contributed by atoms with Crippen molar-refractivity contribution in [1.29, 1.82) is 0 Å². The van der Waals surface area contributed by atoms with Gasteiger partial charge in [0.1, 0.15) is 11.4 Å². The van der Waals surface area contributed by atoms with E-state index < -0.39 is 13.4 Å². The zero-order chi connectivity index (χ0) is 19.9. The van der Waals surface area contributed by atoms with Crippen LogP contribution in [0.4, 0.5) is 0 Å². The van der Waals surface area contributed by atoms with E-state index in [0.717, 1.165) is 47.4 Å². The summed E-state index contributed by atoms with van der Waals surface area (Å²) < 4.78 is 29.8. The van der Waals surface area contributed by atoms with Crippen LogP contribution in [0.25, 0.3) is 22.2 Å². The van der Waals surface area contributed by atoms with E-state index in [1.165, 1.54) is 14.2 Å². The first-order valence-electron chi connectivity index (χ1n) is 9.09. The highest BCUT2D eigenvalue weighted by Crippen LogP contribution is 2.52. The lowest BCUT2D eigenvalue weighted by atomic mass is 10.1. The molecule has 1 aliphatic rings. The van der Waals surface area contributed by atoms with Crippen LogP contribution >= 0.6 is 7.82 Å². The Morgan fingerprint density at radius 1 is 1.11 bits per heavy atom. The summed E-state index contributed by atoms with van der Waals surface area (Å²) in [5.41, 5.74) is 3.01. The molecule has 0 bridgehead atoms. The molecule has 0 amide bonds. The predicted molar refractivity (Wildman–Crippen MR) is 105 cm³/mol. The van der Waals surface area contributed by atoms with Crippen molar-refractivity contribution < 1.29 is 18.1 Å². The number of nitrogens with zero attached hydrogens (tertiary/aromatic N) is 4. The highest BCUT2D eigenvalue weighted by atomic mass is 31.2. The third kappa shape index (κ3) is 3.37. The Morgan fingerprint density at radius 3 is 2.50 bits per heavy atom. The van der Waals surface area contributed by atoms with Crippen molar-refractivity contribution in [2.24, 2.45) is 0 Å². The fourth-order valence-electron chi connectivity index (χ4n) is 3.45. The van der Waals surface area contributed by atoms with Gasteiger partial charge in [0, 0.05) is 45.1 Å². The molecule has 3 aromatic rings. The molecule has 9 heteroatoms. The summed E-state index contributed by atoms with van der Waals surface area (Å²) in [5.74, 6) is 1.54. The number of benzene rings is 1.